The van der Waals surface area contributed by atoms with Crippen LogP contribution in [0.4, 0.5) is 15.3 Å². The predicted molar refractivity (Wildman–Crippen MR) is 84.3 cm³/mol. The minimum atomic E-state index is -0.969. The average molecular weight is 334 g/mol. The van der Waals surface area contributed by atoms with E-state index in [4.69, 9.17) is 15.2 Å². The van der Waals surface area contributed by atoms with E-state index >= 15 is 0 Å². The number of anilines is 1. The van der Waals surface area contributed by atoms with Gasteiger partial charge in [-0.05, 0) is 20.8 Å². The number of nitrogens with zero attached hydrogens (tertiary/aromatic N) is 4. The number of nitrogens with two attached hydrogens (primary N) is 1. The molecule has 0 saturated heterocycles. The summed E-state index contributed by atoms with van der Waals surface area (Å²) in [5.41, 5.74) is 5.16. The first-order valence-electron chi connectivity index (χ1n) is 6.97. The van der Waals surface area contributed by atoms with Crippen molar-refractivity contribution in [3.63, 3.8) is 0 Å². The number of nitrogens with one attached hydrogen (secondary N) is 1. The minimum Gasteiger partial charge on any atom is -0.444 e. The van der Waals surface area contributed by atoms with Crippen molar-refractivity contribution in [1.29, 1.82) is 0 Å². The molecule has 0 aliphatic heterocycles. The number of carbonyl (C=O) groups is 2. The van der Waals surface area contributed by atoms with Gasteiger partial charge in [0, 0.05) is 7.05 Å². The Hall–Kier alpha value is -3.17. The zero-order valence-electron chi connectivity index (χ0n) is 13.7. The molecular formula is C14H18N6O4. The van der Waals surface area contributed by atoms with Crippen molar-refractivity contribution in [1.82, 2.24) is 19.7 Å². The van der Waals surface area contributed by atoms with Crippen LogP contribution in [0.2, 0.25) is 0 Å². The number of ether oxygens (including phenoxy) is 2. The van der Waals surface area contributed by atoms with Crippen molar-refractivity contribution in [2.75, 3.05) is 5.32 Å². The molecule has 0 fully saturated rings. The summed E-state index contributed by atoms with van der Waals surface area (Å²) >= 11 is 0. The van der Waals surface area contributed by atoms with Crippen LogP contribution in [0.3, 0.4) is 0 Å². The summed E-state index contributed by atoms with van der Waals surface area (Å²) in [6.45, 7) is 5.28. The Bertz CT molecular complexity index is 748. The summed E-state index contributed by atoms with van der Waals surface area (Å²) in [5, 5.41) is 6.49. The van der Waals surface area contributed by atoms with Gasteiger partial charge in [0.15, 0.2) is 5.82 Å². The second kappa shape index (κ2) is 6.52. The van der Waals surface area contributed by atoms with Gasteiger partial charge in [-0.1, -0.05) is 0 Å². The van der Waals surface area contributed by atoms with Gasteiger partial charge in [-0.15, -0.1) is 0 Å². The number of amides is 2. The Kier molecular flexibility index (Phi) is 4.67. The number of carbonyl (C=O) groups excluding carboxylic acids is 2. The Morgan fingerprint density at radius 3 is 2.38 bits per heavy atom. The van der Waals surface area contributed by atoms with Crippen molar-refractivity contribution in [3.05, 3.63) is 18.6 Å². The quantitative estimate of drug-likeness (QED) is 0.872. The highest BCUT2D eigenvalue weighted by Crippen LogP contribution is 2.26. The molecule has 128 valence electrons. The summed E-state index contributed by atoms with van der Waals surface area (Å²) in [4.78, 5) is 30.9. The molecule has 2 heterocycles. The van der Waals surface area contributed by atoms with E-state index in [0.717, 1.165) is 0 Å². The minimum absolute atomic E-state index is 0.121. The molecule has 0 atom stereocenters. The first kappa shape index (κ1) is 17.2. The molecule has 0 aliphatic rings. The molecule has 0 radical (unpaired) electrons. The van der Waals surface area contributed by atoms with Crippen molar-refractivity contribution < 1.29 is 19.1 Å². The maximum atomic E-state index is 11.7. The highest BCUT2D eigenvalue weighted by Gasteiger charge is 2.18. The van der Waals surface area contributed by atoms with Gasteiger partial charge >= 0.3 is 12.2 Å². The zero-order chi connectivity index (χ0) is 17.9. The molecule has 2 aromatic rings. The van der Waals surface area contributed by atoms with Gasteiger partial charge in [-0.2, -0.15) is 5.10 Å². The van der Waals surface area contributed by atoms with Crippen LogP contribution < -0.4 is 15.8 Å². The Morgan fingerprint density at radius 2 is 1.83 bits per heavy atom. The highest BCUT2D eigenvalue weighted by molar-refractivity contribution is 5.84. The molecule has 10 heteroatoms. The number of primary amides is 1. The smallest absolute Gasteiger partial charge is 0.412 e. The van der Waals surface area contributed by atoms with Gasteiger partial charge in [0.2, 0.25) is 5.88 Å². The summed E-state index contributed by atoms with van der Waals surface area (Å²) in [6, 6.07) is 0. The molecule has 0 spiro atoms. The zero-order valence-corrected chi connectivity index (χ0v) is 13.7. The molecule has 0 bridgehead atoms. The fourth-order valence-electron chi connectivity index (χ4n) is 1.75. The lowest BCUT2D eigenvalue weighted by molar-refractivity contribution is 0.0635. The van der Waals surface area contributed by atoms with Gasteiger partial charge in [-0.3, -0.25) is 5.32 Å². The summed E-state index contributed by atoms with van der Waals surface area (Å²) in [5.74, 6) is 0.379. The fraction of sp³-hybridized carbons (Fsp3) is 0.357. The van der Waals surface area contributed by atoms with Gasteiger partial charge < -0.3 is 15.2 Å². The van der Waals surface area contributed by atoms with E-state index in [1.165, 1.54) is 23.3 Å². The van der Waals surface area contributed by atoms with E-state index in [1.807, 2.05) is 0 Å². The largest absolute Gasteiger partial charge is 0.444 e. The van der Waals surface area contributed by atoms with Crippen molar-refractivity contribution >= 4 is 17.9 Å². The first-order valence-corrected chi connectivity index (χ1v) is 6.97. The molecular weight excluding hydrogens is 316 g/mol. The third kappa shape index (κ3) is 4.41. The van der Waals surface area contributed by atoms with E-state index in [-0.39, 0.29) is 11.7 Å². The number of hydrogen-bond acceptors (Lipinski definition) is 7. The second-order valence-corrected chi connectivity index (χ2v) is 5.83. The molecule has 0 aromatic carbocycles. The van der Waals surface area contributed by atoms with Crippen LogP contribution in [0.25, 0.3) is 11.4 Å². The third-order valence-electron chi connectivity index (χ3n) is 2.62. The average Bonchev–Trinajstić information content (AvgIpc) is 2.78. The molecule has 2 rings (SSSR count). The lowest BCUT2D eigenvalue weighted by Gasteiger charge is -2.19. The normalized spacial score (nSPS) is 11.0. The Morgan fingerprint density at radius 1 is 1.21 bits per heavy atom. The van der Waals surface area contributed by atoms with Crippen LogP contribution in [-0.4, -0.2) is 37.5 Å². The van der Waals surface area contributed by atoms with Crippen molar-refractivity contribution in [2.45, 2.75) is 26.4 Å². The number of rotatable bonds is 3. The van der Waals surface area contributed by atoms with E-state index in [9.17, 15) is 9.59 Å². The molecule has 24 heavy (non-hydrogen) atoms. The molecule has 0 aliphatic carbocycles. The summed E-state index contributed by atoms with van der Waals surface area (Å²) in [6.07, 6.45) is 2.65. The number of hydrogen-bond donors (Lipinski definition) is 2. The Labute approximate surface area is 138 Å². The summed E-state index contributed by atoms with van der Waals surface area (Å²) < 4.78 is 11.4. The van der Waals surface area contributed by atoms with Crippen molar-refractivity contribution in [2.24, 2.45) is 12.8 Å². The fourth-order valence-corrected chi connectivity index (χ4v) is 1.75. The SMILES string of the molecule is Cn1ncc(-c2ncc(NC(=O)OC(C)(C)C)cn2)c1OC(N)=O. The lowest BCUT2D eigenvalue weighted by Crippen LogP contribution is -2.27. The van der Waals surface area contributed by atoms with Crippen molar-refractivity contribution in [3.8, 4) is 17.3 Å². The summed E-state index contributed by atoms with van der Waals surface area (Å²) in [7, 11) is 1.58. The monoisotopic (exact) mass is 334 g/mol. The molecule has 0 unspecified atom stereocenters. The first-order chi connectivity index (χ1) is 11.2. The lowest BCUT2D eigenvalue weighted by atomic mass is 10.2. The molecule has 2 amide bonds. The van der Waals surface area contributed by atoms with E-state index in [2.05, 4.69) is 20.4 Å². The standard InChI is InChI=1S/C14H18N6O4/c1-14(2,3)24-13(22)19-8-5-16-10(17-6-8)9-7-18-20(4)11(9)23-12(15)21/h5-7H,1-4H3,(H2,15,21)(H,19,22). The molecule has 0 saturated carbocycles. The van der Waals surface area contributed by atoms with Crippen LogP contribution in [-0.2, 0) is 11.8 Å². The molecule has 2 aromatic heterocycles. The van der Waals surface area contributed by atoms with Crippen LogP contribution in [0, 0.1) is 0 Å². The van der Waals surface area contributed by atoms with Crippen LogP contribution in [0.1, 0.15) is 20.8 Å². The Balaban J connectivity index is 2.16. The predicted octanol–water partition coefficient (Wildman–Crippen LogP) is 1.68. The maximum absolute atomic E-state index is 11.7. The van der Waals surface area contributed by atoms with E-state index in [0.29, 0.717) is 11.3 Å². The van der Waals surface area contributed by atoms with E-state index in [1.54, 1.807) is 27.8 Å². The number of aryl methyl sites for hydroxylation is 1. The highest BCUT2D eigenvalue weighted by atomic mass is 16.6. The maximum Gasteiger partial charge on any atom is 0.412 e. The topological polar surface area (TPSA) is 134 Å². The van der Waals surface area contributed by atoms with Gasteiger partial charge in [0.25, 0.3) is 0 Å². The van der Waals surface area contributed by atoms with Gasteiger partial charge in [0.1, 0.15) is 11.2 Å². The van der Waals surface area contributed by atoms with E-state index < -0.39 is 17.8 Å². The second-order valence-electron chi connectivity index (χ2n) is 5.83. The molecule has 3 N–H and O–H groups in total. The van der Waals surface area contributed by atoms with Gasteiger partial charge in [0.05, 0.1) is 24.3 Å². The number of aromatic nitrogens is 4. The third-order valence-corrected chi connectivity index (χ3v) is 2.62. The van der Waals surface area contributed by atoms with Crippen LogP contribution in [0.15, 0.2) is 18.6 Å². The van der Waals surface area contributed by atoms with Gasteiger partial charge in [-0.25, -0.2) is 24.2 Å². The van der Waals surface area contributed by atoms with Crippen LogP contribution in [0.5, 0.6) is 5.88 Å². The van der Waals surface area contributed by atoms with Crippen LogP contribution >= 0.6 is 0 Å². The molecule has 10 nitrogen and oxygen atoms in total.